The minimum Gasteiger partial charge on any atom is -0.478 e. The molecule has 0 radical (unpaired) electrons. The van der Waals surface area contributed by atoms with Gasteiger partial charge in [-0.1, -0.05) is 26.5 Å². The summed E-state index contributed by atoms with van der Waals surface area (Å²) < 4.78 is 6.52. The Kier molecular flexibility index (Phi) is 5.43. The lowest BCUT2D eigenvalue weighted by Crippen LogP contribution is -2.28. The Labute approximate surface area is 148 Å². The lowest BCUT2D eigenvalue weighted by Gasteiger charge is -2.15. The molecule has 2 rings (SSSR count). The van der Waals surface area contributed by atoms with E-state index in [2.05, 4.69) is 36.5 Å². The van der Waals surface area contributed by atoms with Crippen molar-refractivity contribution in [2.75, 3.05) is 13.7 Å². The highest BCUT2D eigenvalue weighted by molar-refractivity contribution is 5.80. The van der Waals surface area contributed by atoms with Gasteiger partial charge in [-0.3, -0.25) is 14.7 Å². The van der Waals surface area contributed by atoms with Crippen LogP contribution in [-0.4, -0.2) is 34.2 Å². The first-order chi connectivity index (χ1) is 11.7. The van der Waals surface area contributed by atoms with Crippen molar-refractivity contribution in [2.24, 2.45) is 11.8 Å². The van der Waals surface area contributed by atoms with Crippen molar-refractivity contribution < 1.29 is 9.53 Å². The summed E-state index contributed by atoms with van der Waals surface area (Å²) in [6.45, 7) is 12.0. The van der Waals surface area contributed by atoms with Crippen molar-refractivity contribution in [1.82, 2.24) is 14.7 Å². The smallest absolute Gasteiger partial charge is 0.285 e. The first kappa shape index (κ1) is 18.9. The summed E-state index contributed by atoms with van der Waals surface area (Å²) in [6.07, 6.45) is 1.61. The van der Waals surface area contributed by atoms with Gasteiger partial charge in [-0.25, -0.2) is 0 Å². The number of nitrogens with zero attached hydrogens (tertiary/aromatic N) is 2. The average Bonchev–Trinajstić information content (AvgIpc) is 2.96. The maximum absolute atomic E-state index is 12.6. The maximum atomic E-state index is 12.6. The summed E-state index contributed by atoms with van der Waals surface area (Å²) in [4.78, 5) is 26.9. The number of nitrogens with one attached hydrogen (secondary N) is 1. The van der Waals surface area contributed by atoms with Crippen LogP contribution in [0.15, 0.2) is 27.5 Å². The lowest BCUT2D eigenvalue weighted by atomic mass is 10.0. The summed E-state index contributed by atoms with van der Waals surface area (Å²) in [6, 6.07) is 0. The van der Waals surface area contributed by atoms with Crippen LogP contribution >= 0.6 is 0 Å². The zero-order chi connectivity index (χ0) is 18.9. The largest absolute Gasteiger partial charge is 0.478 e. The third-order valence-electron chi connectivity index (χ3n) is 4.75. The van der Waals surface area contributed by atoms with E-state index >= 15 is 0 Å². The van der Waals surface area contributed by atoms with Gasteiger partial charge < -0.3 is 9.64 Å². The van der Waals surface area contributed by atoms with Gasteiger partial charge in [-0.05, 0) is 26.3 Å². The fourth-order valence-electron chi connectivity index (χ4n) is 2.85. The topological polar surface area (TPSA) is 67.3 Å². The predicted molar refractivity (Wildman–Crippen MR) is 98.5 cm³/mol. The van der Waals surface area contributed by atoms with E-state index in [0.717, 1.165) is 10.4 Å². The van der Waals surface area contributed by atoms with E-state index < -0.39 is 5.56 Å². The zero-order valence-electron chi connectivity index (χ0n) is 16.1. The summed E-state index contributed by atoms with van der Waals surface area (Å²) in [5, 5.41) is 2.78. The predicted octanol–water partition coefficient (Wildman–Crippen LogP) is 3.24. The van der Waals surface area contributed by atoms with E-state index in [1.54, 1.807) is 19.9 Å². The third-order valence-corrected chi connectivity index (χ3v) is 4.75. The van der Waals surface area contributed by atoms with Crippen LogP contribution in [0.2, 0.25) is 0 Å². The molecule has 1 aliphatic rings. The molecule has 0 bridgehead atoms. The maximum Gasteiger partial charge on any atom is 0.285 e. The van der Waals surface area contributed by atoms with Gasteiger partial charge in [0.1, 0.15) is 5.56 Å². The van der Waals surface area contributed by atoms with Crippen LogP contribution in [0.25, 0.3) is 6.08 Å². The van der Waals surface area contributed by atoms with Crippen LogP contribution in [0.1, 0.15) is 51.9 Å². The van der Waals surface area contributed by atoms with Crippen molar-refractivity contribution in [2.45, 2.75) is 41.5 Å². The van der Waals surface area contributed by atoms with Gasteiger partial charge in [-0.15, -0.1) is 0 Å². The van der Waals surface area contributed by atoms with E-state index in [0.29, 0.717) is 18.1 Å². The van der Waals surface area contributed by atoms with Crippen LogP contribution in [0.3, 0.4) is 0 Å². The second kappa shape index (κ2) is 7.19. The van der Waals surface area contributed by atoms with E-state index in [1.165, 1.54) is 11.3 Å². The highest BCUT2D eigenvalue weighted by Gasteiger charge is 2.26. The molecule has 0 aromatic carbocycles. The molecule has 6 heteroatoms. The van der Waals surface area contributed by atoms with Gasteiger partial charge in [0.05, 0.1) is 12.3 Å². The summed E-state index contributed by atoms with van der Waals surface area (Å²) in [5.41, 5.74) is 6.59. The van der Waals surface area contributed by atoms with Gasteiger partial charge in [0.25, 0.3) is 11.5 Å². The number of ether oxygens (including phenoxy) is 1. The number of H-pyrrole nitrogens is 1. The van der Waals surface area contributed by atoms with Gasteiger partial charge >= 0.3 is 0 Å². The quantitative estimate of drug-likeness (QED) is 0.851. The van der Waals surface area contributed by atoms with Gasteiger partial charge in [0.15, 0.2) is 0 Å². The Balaban J connectivity index is 2.55. The summed E-state index contributed by atoms with van der Waals surface area (Å²) in [5.74, 6) is -0.0611. The Bertz CT molecular complexity index is 813. The molecule has 0 saturated heterocycles. The zero-order valence-corrected chi connectivity index (χ0v) is 16.1. The fraction of sp³-hybridized carbons (Fsp3) is 0.526. The molecule has 1 unspecified atom stereocenters. The molecule has 0 spiro atoms. The summed E-state index contributed by atoms with van der Waals surface area (Å²) in [7, 11) is 1.99. The molecule has 0 fully saturated rings. The molecule has 1 N–H and O–H groups in total. The van der Waals surface area contributed by atoms with Crippen LogP contribution in [0, 0.1) is 11.8 Å². The van der Waals surface area contributed by atoms with Crippen molar-refractivity contribution in [3.8, 4) is 5.88 Å². The van der Waals surface area contributed by atoms with E-state index in [4.69, 9.17) is 4.74 Å². The minimum atomic E-state index is -0.412. The molecular formula is C19H27N3O3. The highest BCUT2D eigenvalue weighted by Crippen LogP contribution is 2.34. The van der Waals surface area contributed by atoms with Crippen molar-refractivity contribution >= 4 is 12.0 Å². The van der Waals surface area contributed by atoms with E-state index in [9.17, 15) is 9.59 Å². The Morgan fingerprint density at radius 1 is 1.40 bits per heavy atom. The molecule has 136 valence electrons. The average molecular weight is 345 g/mol. The molecular weight excluding hydrogens is 318 g/mol. The lowest BCUT2D eigenvalue weighted by molar-refractivity contribution is 0.0832. The number of hydrogen-bond acceptors (Lipinski definition) is 4. The molecule has 2 heterocycles. The Morgan fingerprint density at radius 3 is 2.52 bits per heavy atom. The number of hydrogen-bond donors (Lipinski definition) is 1. The molecule has 1 aromatic heterocycles. The van der Waals surface area contributed by atoms with Gasteiger partial charge in [0, 0.05) is 30.7 Å². The standard InChI is InChI=1S/C19H27N3O3/c1-8-25-17-15(19(24)22(20-17)18(23)11(2)3)9-10-16-13(5)12(4)14(6)21(16)7/h9,11,13,20H,8H2,1-7H3. The molecule has 0 aliphatic carbocycles. The second-order valence-corrected chi connectivity index (χ2v) is 6.64. The Hall–Kier alpha value is -2.46. The highest BCUT2D eigenvalue weighted by atomic mass is 16.5. The van der Waals surface area contributed by atoms with Crippen molar-refractivity contribution in [1.29, 1.82) is 0 Å². The second-order valence-electron chi connectivity index (χ2n) is 6.64. The molecule has 6 nitrogen and oxygen atoms in total. The number of aromatic nitrogens is 2. The number of carbonyl (C=O) groups excluding carboxylic acids is 1. The van der Waals surface area contributed by atoms with Gasteiger partial charge in [-0.2, -0.15) is 4.68 Å². The minimum absolute atomic E-state index is 0.232. The molecule has 25 heavy (non-hydrogen) atoms. The number of aromatic amines is 1. The molecule has 0 amide bonds. The normalized spacial score (nSPS) is 17.4. The molecule has 1 aliphatic heterocycles. The van der Waals surface area contributed by atoms with E-state index in [-0.39, 0.29) is 17.7 Å². The van der Waals surface area contributed by atoms with Crippen LogP contribution in [-0.2, 0) is 0 Å². The SMILES string of the molecule is CCOc1[nH]n(C(=O)C(C)C)c(=O)c1C=C=C1C(C)C(C)=C(C)N1C. The van der Waals surface area contributed by atoms with Crippen molar-refractivity contribution in [3.63, 3.8) is 0 Å². The van der Waals surface area contributed by atoms with Crippen LogP contribution in [0.4, 0.5) is 0 Å². The molecule has 0 saturated carbocycles. The monoisotopic (exact) mass is 345 g/mol. The van der Waals surface area contributed by atoms with Crippen LogP contribution < -0.4 is 10.3 Å². The van der Waals surface area contributed by atoms with Crippen molar-refractivity contribution in [3.05, 3.63) is 38.6 Å². The number of rotatable bonds is 4. The molecule has 1 aromatic rings. The Morgan fingerprint density at radius 2 is 2.04 bits per heavy atom. The summed E-state index contributed by atoms with van der Waals surface area (Å²) >= 11 is 0. The number of carbonyl (C=O) groups is 1. The first-order valence-corrected chi connectivity index (χ1v) is 8.60. The van der Waals surface area contributed by atoms with Gasteiger partial charge in [0.2, 0.25) is 5.88 Å². The van der Waals surface area contributed by atoms with E-state index in [1.807, 2.05) is 14.0 Å². The first-order valence-electron chi connectivity index (χ1n) is 8.60. The van der Waals surface area contributed by atoms with Crippen LogP contribution in [0.5, 0.6) is 5.88 Å². The third kappa shape index (κ3) is 3.35. The fourth-order valence-corrected chi connectivity index (χ4v) is 2.85. The number of allylic oxidation sites excluding steroid dienone is 2. The molecule has 1 atom stereocenters.